The fourth-order valence-electron chi connectivity index (χ4n) is 3.16. The third-order valence-electron chi connectivity index (χ3n) is 4.76. The van der Waals surface area contributed by atoms with Crippen LogP contribution in [0.25, 0.3) is 11.4 Å². The van der Waals surface area contributed by atoms with Gasteiger partial charge >= 0.3 is 6.03 Å². The Kier molecular flexibility index (Phi) is 7.99. The molecule has 0 aliphatic carbocycles. The van der Waals surface area contributed by atoms with Crippen LogP contribution in [-0.2, 0) is 17.8 Å². The fraction of sp³-hybridized carbons (Fsp3) is 0.217. The molecule has 11 heteroatoms. The number of aromatic nitrogens is 3. The van der Waals surface area contributed by atoms with Crippen molar-refractivity contribution < 1.29 is 18.7 Å². The zero-order valence-electron chi connectivity index (χ0n) is 18.4. The van der Waals surface area contributed by atoms with Crippen molar-refractivity contribution >= 4 is 35.0 Å². The number of nitrogens with one attached hydrogen (secondary N) is 2. The zero-order chi connectivity index (χ0) is 23.8. The number of carbonyl (C=O) groups is 2. The predicted molar refractivity (Wildman–Crippen MR) is 130 cm³/mol. The van der Waals surface area contributed by atoms with E-state index < -0.39 is 11.9 Å². The molecule has 34 heavy (non-hydrogen) atoms. The number of benzene rings is 1. The molecule has 4 rings (SSSR count). The van der Waals surface area contributed by atoms with Crippen LogP contribution in [0.5, 0.6) is 5.75 Å². The molecule has 0 unspecified atom stereocenters. The molecule has 1 aromatic carbocycles. The van der Waals surface area contributed by atoms with E-state index in [0.29, 0.717) is 29.8 Å². The Bertz CT molecular complexity index is 1220. The van der Waals surface area contributed by atoms with Crippen molar-refractivity contribution in [1.29, 1.82) is 0 Å². The molecule has 0 aliphatic heterocycles. The Morgan fingerprint density at radius 1 is 1.18 bits per heavy atom. The minimum absolute atomic E-state index is 0.00669. The highest BCUT2D eigenvalue weighted by Crippen LogP contribution is 2.27. The molecule has 9 nitrogen and oxygen atoms in total. The van der Waals surface area contributed by atoms with Crippen LogP contribution in [0.2, 0.25) is 0 Å². The number of nitrogens with zero attached hydrogens (tertiary/aromatic N) is 3. The van der Waals surface area contributed by atoms with Gasteiger partial charge in [-0.1, -0.05) is 30.0 Å². The molecular weight excluding hydrogens is 474 g/mol. The maximum Gasteiger partial charge on any atom is 0.321 e. The molecule has 176 valence electrons. The van der Waals surface area contributed by atoms with E-state index in [1.54, 1.807) is 24.7 Å². The summed E-state index contributed by atoms with van der Waals surface area (Å²) in [4.78, 5) is 25.5. The number of furan rings is 1. The van der Waals surface area contributed by atoms with Crippen molar-refractivity contribution in [3.05, 3.63) is 70.8 Å². The third-order valence-corrected chi connectivity index (χ3v) is 6.66. The van der Waals surface area contributed by atoms with Gasteiger partial charge in [0.1, 0.15) is 11.5 Å². The van der Waals surface area contributed by atoms with E-state index in [4.69, 9.17) is 9.15 Å². The minimum atomic E-state index is -0.517. The monoisotopic (exact) mass is 497 g/mol. The number of rotatable bonds is 10. The van der Waals surface area contributed by atoms with Crippen LogP contribution in [0.3, 0.4) is 0 Å². The topological polar surface area (TPSA) is 111 Å². The van der Waals surface area contributed by atoms with Crippen molar-refractivity contribution in [2.75, 3.05) is 19.4 Å². The summed E-state index contributed by atoms with van der Waals surface area (Å²) < 4.78 is 12.7. The number of hydrogen-bond acceptors (Lipinski definition) is 8. The van der Waals surface area contributed by atoms with E-state index in [2.05, 4.69) is 20.8 Å². The molecule has 4 aromatic rings. The van der Waals surface area contributed by atoms with Crippen molar-refractivity contribution in [2.24, 2.45) is 0 Å². The average Bonchev–Trinajstić information content (AvgIpc) is 3.61. The highest BCUT2D eigenvalue weighted by atomic mass is 32.2. The smallest absolute Gasteiger partial charge is 0.321 e. The molecule has 0 saturated heterocycles. The molecule has 0 saturated carbocycles. The molecule has 0 aliphatic rings. The number of ether oxygens (including phenoxy) is 1. The van der Waals surface area contributed by atoms with E-state index in [1.807, 2.05) is 58.5 Å². The zero-order valence-corrected chi connectivity index (χ0v) is 20.0. The van der Waals surface area contributed by atoms with E-state index >= 15 is 0 Å². The van der Waals surface area contributed by atoms with Crippen LogP contribution in [0.15, 0.2) is 69.7 Å². The first kappa shape index (κ1) is 23.6. The summed E-state index contributed by atoms with van der Waals surface area (Å²) in [6.07, 6.45) is 2.32. The van der Waals surface area contributed by atoms with Gasteiger partial charge in [-0.15, -0.1) is 21.5 Å². The van der Waals surface area contributed by atoms with Crippen LogP contribution in [0.1, 0.15) is 10.6 Å². The van der Waals surface area contributed by atoms with E-state index in [-0.39, 0.29) is 5.75 Å². The van der Waals surface area contributed by atoms with Crippen molar-refractivity contribution in [3.63, 3.8) is 0 Å². The van der Waals surface area contributed by atoms with Gasteiger partial charge in [0.25, 0.3) is 0 Å². The number of imide groups is 1. The number of hydrogen-bond donors (Lipinski definition) is 2. The lowest BCUT2D eigenvalue weighted by Crippen LogP contribution is -2.41. The van der Waals surface area contributed by atoms with Gasteiger partial charge in [0.05, 0.1) is 25.7 Å². The highest BCUT2D eigenvalue weighted by molar-refractivity contribution is 7.99. The molecule has 0 fully saturated rings. The number of thiophene rings is 1. The fourth-order valence-corrected chi connectivity index (χ4v) is 4.61. The van der Waals surface area contributed by atoms with Gasteiger partial charge in [-0.2, -0.15) is 0 Å². The Hall–Kier alpha value is -3.57. The molecule has 0 atom stereocenters. The van der Waals surface area contributed by atoms with Crippen molar-refractivity contribution in [2.45, 2.75) is 18.1 Å². The molecule has 3 heterocycles. The molecule has 0 bridgehead atoms. The van der Waals surface area contributed by atoms with Gasteiger partial charge in [-0.05, 0) is 42.1 Å². The molecule has 3 aromatic heterocycles. The first-order valence-electron chi connectivity index (χ1n) is 10.4. The summed E-state index contributed by atoms with van der Waals surface area (Å²) >= 11 is 2.82. The number of urea groups is 1. The van der Waals surface area contributed by atoms with Gasteiger partial charge in [0.2, 0.25) is 5.91 Å². The highest BCUT2D eigenvalue weighted by Gasteiger charge is 2.18. The first-order chi connectivity index (χ1) is 16.6. The standard InChI is InChI=1S/C23H23N5O4S2/c1-31-17-6-2-5-16(13-17)21-26-27-23(28(21)14-18-7-3-11-32-18)34-15-20(29)25-22(30)24-10-9-19-8-4-12-33-19/h2-8,11-13H,9-10,14-15H2,1H3,(H2,24,25,29,30). The van der Waals surface area contributed by atoms with Crippen LogP contribution in [-0.4, -0.2) is 46.1 Å². The summed E-state index contributed by atoms with van der Waals surface area (Å²) in [5, 5.41) is 16.2. The lowest BCUT2D eigenvalue weighted by molar-refractivity contribution is -0.117. The molecule has 0 radical (unpaired) electrons. The molecule has 3 amide bonds. The Labute approximate surface area is 204 Å². The van der Waals surface area contributed by atoms with E-state index in [9.17, 15) is 9.59 Å². The Morgan fingerprint density at radius 3 is 2.85 bits per heavy atom. The predicted octanol–water partition coefficient (Wildman–Crippen LogP) is 3.82. The van der Waals surface area contributed by atoms with Crippen LogP contribution < -0.4 is 15.4 Å². The number of thioether (sulfide) groups is 1. The van der Waals surface area contributed by atoms with Gasteiger partial charge in [-0.3, -0.25) is 14.7 Å². The average molecular weight is 498 g/mol. The van der Waals surface area contributed by atoms with Crippen LogP contribution >= 0.6 is 23.1 Å². The summed E-state index contributed by atoms with van der Waals surface area (Å²) in [6, 6.07) is 14.6. The van der Waals surface area contributed by atoms with Crippen LogP contribution in [0, 0.1) is 0 Å². The molecule has 2 N–H and O–H groups in total. The third kappa shape index (κ3) is 6.27. The van der Waals surface area contributed by atoms with Gasteiger partial charge in [-0.25, -0.2) is 4.79 Å². The second-order valence-electron chi connectivity index (χ2n) is 7.13. The summed E-state index contributed by atoms with van der Waals surface area (Å²) in [5.41, 5.74) is 0.819. The SMILES string of the molecule is COc1cccc(-c2nnc(SCC(=O)NC(=O)NCCc3cccs3)n2Cc2ccco2)c1. The first-order valence-corrected chi connectivity index (χ1v) is 12.3. The summed E-state index contributed by atoms with van der Waals surface area (Å²) in [6.45, 7) is 0.841. The summed E-state index contributed by atoms with van der Waals surface area (Å²) in [5.74, 6) is 1.62. The number of carbonyl (C=O) groups excluding carboxylic acids is 2. The van der Waals surface area contributed by atoms with Gasteiger partial charge < -0.3 is 14.5 Å². The summed E-state index contributed by atoms with van der Waals surface area (Å²) in [7, 11) is 1.60. The van der Waals surface area contributed by atoms with E-state index in [0.717, 1.165) is 17.7 Å². The van der Waals surface area contributed by atoms with Crippen molar-refractivity contribution in [1.82, 2.24) is 25.4 Å². The maximum absolute atomic E-state index is 12.3. The lowest BCUT2D eigenvalue weighted by Gasteiger charge is -2.10. The Morgan fingerprint density at radius 2 is 2.09 bits per heavy atom. The normalized spacial score (nSPS) is 10.7. The minimum Gasteiger partial charge on any atom is -0.497 e. The lowest BCUT2D eigenvalue weighted by atomic mass is 10.2. The Balaban J connectivity index is 1.39. The van der Waals surface area contributed by atoms with Gasteiger partial charge in [0, 0.05) is 17.0 Å². The van der Waals surface area contributed by atoms with E-state index in [1.165, 1.54) is 16.6 Å². The molecule has 0 spiro atoms. The number of amides is 3. The largest absolute Gasteiger partial charge is 0.497 e. The maximum atomic E-state index is 12.3. The second kappa shape index (κ2) is 11.5. The second-order valence-corrected chi connectivity index (χ2v) is 9.10. The van der Waals surface area contributed by atoms with Gasteiger partial charge in [0.15, 0.2) is 11.0 Å². The molecular formula is C23H23N5O4S2. The van der Waals surface area contributed by atoms with Crippen LogP contribution in [0.4, 0.5) is 4.79 Å². The number of methoxy groups -OCH3 is 1. The van der Waals surface area contributed by atoms with Crippen molar-refractivity contribution in [3.8, 4) is 17.1 Å². The quantitative estimate of drug-likeness (QED) is 0.321.